The summed E-state index contributed by atoms with van der Waals surface area (Å²) in [7, 11) is 2.93. The minimum absolute atomic E-state index is 0.125. The molecule has 0 aliphatic heterocycles. The van der Waals surface area contributed by atoms with Crippen LogP contribution in [0.1, 0.15) is 0 Å². The molecule has 0 aromatic carbocycles. The predicted octanol–water partition coefficient (Wildman–Crippen LogP) is 0.203. The standard InChI is InChI=1S/C7H9N3O3/c1-8-7(11)13-6-4-3-5(12-2)9-10-6/h3-4H,1-2H3,(H,8,11). The molecule has 0 saturated heterocycles. The second-order valence-electron chi connectivity index (χ2n) is 2.05. The molecule has 1 N–H and O–H groups in total. The normalized spacial score (nSPS) is 9.08. The Hall–Kier alpha value is -1.85. The highest BCUT2D eigenvalue weighted by atomic mass is 16.6. The van der Waals surface area contributed by atoms with Gasteiger partial charge in [0.05, 0.1) is 7.11 Å². The molecule has 1 rings (SSSR count). The van der Waals surface area contributed by atoms with Crippen LogP contribution in [0.3, 0.4) is 0 Å². The second-order valence-corrected chi connectivity index (χ2v) is 2.05. The van der Waals surface area contributed by atoms with Gasteiger partial charge >= 0.3 is 6.09 Å². The summed E-state index contributed by atoms with van der Waals surface area (Å²) in [5, 5.41) is 9.47. The van der Waals surface area contributed by atoms with E-state index in [4.69, 9.17) is 4.74 Å². The van der Waals surface area contributed by atoms with Gasteiger partial charge < -0.3 is 14.8 Å². The summed E-state index contributed by atoms with van der Waals surface area (Å²) in [6, 6.07) is 3.03. The quantitative estimate of drug-likeness (QED) is 0.709. The van der Waals surface area contributed by atoms with Gasteiger partial charge in [-0.2, -0.15) is 0 Å². The fourth-order valence-corrected chi connectivity index (χ4v) is 0.617. The van der Waals surface area contributed by atoms with Crippen molar-refractivity contribution in [1.82, 2.24) is 15.5 Å². The van der Waals surface area contributed by atoms with E-state index in [1.807, 2.05) is 0 Å². The minimum atomic E-state index is -0.584. The molecule has 0 aliphatic carbocycles. The average Bonchev–Trinajstić information content (AvgIpc) is 2.19. The van der Waals surface area contributed by atoms with Crippen molar-refractivity contribution in [2.24, 2.45) is 0 Å². The van der Waals surface area contributed by atoms with Gasteiger partial charge in [0.2, 0.25) is 11.8 Å². The van der Waals surface area contributed by atoms with Gasteiger partial charge in [-0.05, 0) is 0 Å². The summed E-state index contributed by atoms with van der Waals surface area (Å²) in [6.07, 6.45) is -0.584. The van der Waals surface area contributed by atoms with E-state index in [1.165, 1.54) is 20.2 Å². The molecule has 6 heteroatoms. The minimum Gasteiger partial charge on any atom is -0.480 e. The Morgan fingerprint density at radius 2 is 2.00 bits per heavy atom. The number of methoxy groups -OCH3 is 1. The number of nitrogens with zero attached hydrogens (tertiary/aromatic N) is 2. The molecule has 6 nitrogen and oxygen atoms in total. The fraction of sp³-hybridized carbons (Fsp3) is 0.286. The van der Waals surface area contributed by atoms with Crippen molar-refractivity contribution in [1.29, 1.82) is 0 Å². The Morgan fingerprint density at radius 3 is 2.46 bits per heavy atom. The third kappa shape index (κ3) is 2.58. The van der Waals surface area contributed by atoms with Crippen molar-refractivity contribution in [3.8, 4) is 11.8 Å². The van der Waals surface area contributed by atoms with E-state index in [1.54, 1.807) is 6.07 Å². The number of carbonyl (C=O) groups is 1. The van der Waals surface area contributed by atoms with Crippen LogP contribution in [0.25, 0.3) is 0 Å². The Kier molecular flexibility index (Phi) is 3.02. The van der Waals surface area contributed by atoms with Crippen molar-refractivity contribution >= 4 is 6.09 Å². The molecule has 0 unspecified atom stereocenters. The van der Waals surface area contributed by atoms with Crippen LogP contribution in [0.2, 0.25) is 0 Å². The molecule has 0 spiro atoms. The lowest BCUT2D eigenvalue weighted by Gasteiger charge is -2.01. The van der Waals surface area contributed by atoms with Gasteiger partial charge in [-0.15, -0.1) is 10.2 Å². The summed E-state index contributed by atoms with van der Waals surface area (Å²) >= 11 is 0. The molecule has 0 radical (unpaired) electrons. The molecule has 1 amide bonds. The monoisotopic (exact) mass is 183 g/mol. The van der Waals surface area contributed by atoms with Crippen LogP contribution in [-0.2, 0) is 0 Å². The maximum Gasteiger partial charge on any atom is 0.413 e. The Bertz CT molecular complexity index is 286. The molecule has 70 valence electrons. The van der Waals surface area contributed by atoms with E-state index in [-0.39, 0.29) is 5.88 Å². The highest BCUT2D eigenvalue weighted by molar-refractivity contribution is 5.69. The van der Waals surface area contributed by atoms with Crippen molar-refractivity contribution in [2.75, 3.05) is 14.2 Å². The first-order valence-corrected chi connectivity index (χ1v) is 3.53. The average molecular weight is 183 g/mol. The van der Waals surface area contributed by atoms with E-state index in [2.05, 4.69) is 20.3 Å². The third-order valence-electron chi connectivity index (χ3n) is 1.23. The topological polar surface area (TPSA) is 73.3 Å². The Morgan fingerprint density at radius 1 is 1.38 bits per heavy atom. The maximum atomic E-state index is 10.7. The number of ether oxygens (including phenoxy) is 2. The summed E-state index contributed by atoms with van der Waals surface area (Å²) in [6.45, 7) is 0. The fourth-order valence-electron chi connectivity index (χ4n) is 0.617. The van der Waals surface area contributed by atoms with E-state index in [0.29, 0.717) is 5.88 Å². The molecule has 0 saturated carbocycles. The van der Waals surface area contributed by atoms with Crippen molar-refractivity contribution in [3.63, 3.8) is 0 Å². The van der Waals surface area contributed by atoms with Crippen LogP contribution in [0.5, 0.6) is 11.8 Å². The number of aromatic nitrogens is 2. The zero-order valence-corrected chi connectivity index (χ0v) is 7.27. The number of nitrogens with one attached hydrogen (secondary N) is 1. The summed E-state index contributed by atoms with van der Waals surface area (Å²) in [5.41, 5.74) is 0. The van der Waals surface area contributed by atoms with E-state index < -0.39 is 6.09 Å². The second kappa shape index (κ2) is 4.24. The largest absolute Gasteiger partial charge is 0.480 e. The first-order valence-electron chi connectivity index (χ1n) is 3.53. The predicted molar refractivity (Wildman–Crippen MR) is 43.7 cm³/mol. The van der Waals surface area contributed by atoms with Crippen LogP contribution < -0.4 is 14.8 Å². The first-order chi connectivity index (χ1) is 6.26. The number of hydrogen-bond acceptors (Lipinski definition) is 5. The Balaban J connectivity index is 2.64. The number of hydrogen-bond donors (Lipinski definition) is 1. The zero-order valence-electron chi connectivity index (χ0n) is 7.27. The molecule has 0 bridgehead atoms. The van der Waals surface area contributed by atoms with Gasteiger partial charge in [0, 0.05) is 19.2 Å². The Labute approximate surface area is 74.9 Å². The van der Waals surface area contributed by atoms with Crippen molar-refractivity contribution in [2.45, 2.75) is 0 Å². The highest BCUT2D eigenvalue weighted by Crippen LogP contribution is 2.08. The highest BCUT2D eigenvalue weighted by Gasteiger charge is 2.02. The number of amides is 1. The molecule has 1 aromatic rings. The molecule has 0 atom stereocenters. The lowest BCUT2D eigenvalue weighted by molar-refractivity contribution is 0.200. The lowest BCUT2D eigenvalue weighted by atomic mass is 10.5. The molecule has 1 aromatic heterocycles. The van der Waals surface area contributed by atoms with Crippen LogP contribution in [0.15, 0.2) is 12.1 Å². The number of rotatable bonds is 2. The van der Waals surface area contributed by atoms with E-state index in [0.717, 1.165) is 0 Å². The van der Waals surface area contributed by atoms with Crippen molar-refractivity contribution < 1.29 is 14.3 Å². The van der Waals surface area contributed by atoms with Gasteiger partial charge in [-0.25, -0.2) is 4.79 Å². The molecule has 0 fully saturated rings. The lowest BCUT2D eigenvalue weighted by Crippen LogP contribution is -2.22. The van der Waals surface area contributed by atoms with Crippen molar-refractivity contribution in [3.05, 3.63) is 12.1 Å². The van der Waals surface area contributed by atoms with E-state index in [9.17, 15) is 4.79 Å². The molecule has 0 aliphatic rings. The van der Waals surface area contributed by atoms with Gasteiger partial charge in [-0.3, -0.25) is 0 Å². The van der Waals surface area contributed by atoms with Crippen LogP contribution in [0, 0.1) is 0 Å². The third-order valence-corrected chi connectivity index (χ3v) is 1.23. The molecular formula is C7H9N3O3. The number of carbonyl (C=O) groups excluding carboxylic acids is 1. The maximum absolute atomic E-state index is 10.7. The zero-order chi connectivity index (χ0) is 9.68. The summed E-state index contributed by atoms with van der Waals surface area (Å²) < 4.78 is 9.45. The first kappa shape index (κ1) is 9.24. The molecule has 1 heterocycles. The van der Waals surface area contributed by atoms with Gasteiger partial charge in [-0.1, -0.05) is 0 Å². The van der Waals surface area contributed by atoms with Gasteiger partial charge in [0.25, 0.3) is 0 Å². The SMILES string of the molecule is CNC(=O)Oc1ccc(OC)nn1. The van der Waals surface area contributed by atoms with Gasteiger partial charge in [0.1, 0.15) is 0 Å². The molecular weight excluding hydrogens is 174 g/mol. The van der Waals surface area contributed by atoms with Crippen LogP contribution >= 0.6 is 0 Å². The van der Waals surface area contributed by atoms with Crippen LogP contribution in [0.4, 0.5) is 4.79 Å². The smallest absolute Gasteiger partial charge is 0.413 e. The van der Waals surface area contributed by atoms with E-state index >= 15 is 0 Å². The molecule has 13 heavy (non-hydrogen) atoms. The van der Waals surface area contributed by atoms with Crippen LogP contribution in [-0.4, -0.2) is 30.4 Å². The summed E-state index contributed by atoms with van der Waals surface area (Å²) in [4.78, 5) is 10.7. The van der Waals surface area contributed by atoms with Gasteiger partial charge in [0.15, 0.2) is 0 Å². The summed E-state index contributed by atoms with van der Waals surface area (Å²) in [5.74, 6) is 0.490.